The van der Waals surface area contributed by atoms with Crippen LogP contribution in [0.4, 0.5) is 0 Å². The normalized spacial score (nSPS) is 18.8. The van der Waals surface area contributed by atoms with E-state index in [0.29, 0.717) is 0 Å². The highest BCUT2D eigenvalue weighted by Crippen LogP contribution is 2.25. The lowest BCUT2D eigenvalue weighted by atomic mass is 9.84. The lowest BCUT2D eigenvalue weighted by Gasteiger charge is -2.37. The molecule has 3 nitrogen and oxygen atoms in total. The molecule has 0 saturated carbocycles. The number of rotatable bonds is 4. The lowest BCUT2D eigenvalue weighted by molar-refractivity contribution is -0.152. The van der Waals surface area contributed by atoms with E-state index in [1.54, 1.807) is 25.9 Å². The maximum absolute atomic E-state index is 11.0. The van der Waals surface area contributed by atoms with Gasteiger partial charge in [0.05, 0.1) is 0 Å². The maximum Gasteiger partial charge on any atom is 0.324 e. The molecule has 1 N–H and O–H groups in total. The van der Waals surface area contributed by atoms with Crippen LogP contribution in [0.3, 0.4) is 0 Å². The first kappa shape index (κ1) is 11.4. The molecule has 0 aliphatic heterocycles. The highest BCUT2D eigenvalue weighted by atomic mass is 16.4. The summed E-state index contributed by atoms with van der Waals surface area (Å²) in [6.45, 7) is 5.74. The largest absolute Gasteiger partial charge is 0.480 e. The van der Waals surface area contributed by atoms with E-state index in [0.717, 1.165) is 6.42 Å². The van der Waals surface area contributed by atoms with Crippen molar-refractivity contribution < 1.29 is 9.90 Å². The van der Waals surface area contributed by atoms with Crippen LogP contribution in [-0.4, -0.2) is 35.6 Å². The number of nitrogens with zero attached hydrogens (tertiary/aromatic N) is 1. The third kappa shape index (κ3) is 1.78. The zero-order chi connectivity index (χ0) is 9.94. The predicted octanol–water partition coefficient (Wildman–Crippen LogP) is 1.44. The van der Waals surface area contributed by atoms with Gasteiger partial charge in [-0.05, 0) is 26.9 Å². The molecule has 0 rings (SSSR count). The van der Waals surface area contributed by atoms with Crippen LogP contribution in [0.25, 0.3) is 0 Å². The first-order valence-corrected chi connectivity index (χ1v) is 4.28. The number of hydrogen-bond acceptors (Lipinski definition) is 2. The summed E-state index contributed by atoms with van der Waals surface area (Å²) in [5.41, 5.74) is -0.741. The zero-order valence-corrected chi connectivity index (χ0v) is 8.59. The number of carboxylic acid groups (broad SMARTS) is 1. The molecule has 0 aliphatic carbocycles. The highest BCUT2D eigenvalue weighted by Gasteiger charge is 2.40. The Morgan fingerprint density at radius 3 is 2.08 bits per heavy atom. The van der Waals surface area contributed by atoms with Gasteiger partial charge < -0.3 is 5.11 Å². The van der Waals surface area contributed by atoms with Crippen LogP contribution in [0.5, 0.6) is 0 Å². The van der Waals surface area contributed by atoms with Crippen molar-refractivity contribution >= 4 is 5.97 Å². The molecule has 0 fully saturated rings. The molecule has 72 valence electrons. The molecule has 3 heteroatoms. The first-order valence-electron chi connectivity index (χ1n) is 4.28. The molecule has 0 bridgehead atoms. The van der Waals surface area contributed by atoms with E-state index in [1.807, 2.05) is 13.8 Å². The van der Waals surface area contributed by atoms with Crippen LogP contribution in [0.15, 0.2) is 0 Å². The molecule has 2 unspecified atom stereocenters. The number of carbonyl (C=O) groups is 1. The van der Waals surface area contributed by atoms with Crippen LogP contribution in [0.2, 0.25) is 0 Å². The second-order valence-electron chi connectivity index (χ2n) is 3.66. The molecule has 0 radical (unpaired) electrons. The molecule has 0 heterocycles. The van der Waals surface area contributed by atoms with E-state index in [-0.39, 0.29) is 5.92 Å². The van der Waals surface area contributed by atoms with Crippen LogP contribution in [0, 0.1) is 5.92 Å². The minimum atomic E-state index is -0.748. The molecular weight excluding hydrogens is 154 g/mol. The van der Waals surface area contributed by atoms with Gasteiger partial charge in [0, 0.05) is 0 Å². The number of likely N-dealkylation sites (N-methyl/N-ethyl adjacent to an activating group) is 1. The van der Waals surface area contributed by atoms with E-state index in [2.05, 4.69) is 0 Å². The molecule has 0 aromatic rings. The Labute approximate surface area is 74.4 Å². The van der Waals surface area contributed by atoms with E-state index in [1.165, 1.54) is 0 Å². The predicted molar refractivity (Wildman–Crippen MR) is 49.2 cm³/mol. The van der Waals surface area contributed by atoms with Gasteiger partial charge in [0.25, 0.3) is 0 Å². The van der Waals surface area contributed by atoms with Gasteiger partial charge in [-0.2, -0.15) is 0 Å². The van der Waals surface area contributed by atoms with Gasteiger partial charge in [0.2, 0.25) is 0 Å². The fourth-order valence-corrected chi connectivity index (χ4v) is 1.24. The van der Waals surface area contributed by atoms with Gasteiger partial charge >= 0.3 is 5.97 Å². The molecule has 0 aromatic heterocycles. The highest BCUT2D eigenvalue weighted by molar-refractivity contribution is 5.78. The minimum Gasteiger partial charge on any atom is -0.480 e. The molecule has 12 heavy (non-hydrogen) atoms. The third-order valence-electron chi connectivity index (χ3n) is 2.93. The average Bonchev–Trinajstić information content (AvgIpc) is 2.00. The van der Waals surface area contributed by atoms with Gasteiger partial charge in [-0.3, -0.25) is 9.69 Å². The Balaban J connectivity index is 4.74. The molecule has 0 saturated heterocycles. The molecule has 0 amide bonds. The van der Waals surface area contributed by atoms with Crippen molar-refractivity contribution in [2.75, 3.05) is 14.1 Å². The number of hydrogen-bond donors (Lipinski definition) is 1. The van der Waals surface area contributed by atoms with Crippen molar-refractivity contribution in [1.82, 2.24) is 4.90 Å². The average molecular weight is 173 g/mol. The van der Waals surface area contributed by atoms with Crippen LogP contribution < -0.4 is 0 Å². The molecular formula is C9H19NO2. The van der Waals surface area contributed by atoms with Gasteiger partial charge in [-0.1, -0.05) is 20.3 Å². The fraction of sp³-hybridized carbons (Fsp3) is 0.889. The molecule has 2 atom stereocenters. The zero-order valence-electron chi connectivity index (χ0n) is 8.59. The maximum atomic E-state index is 11.0. The van der Waals surface area contributed by atoms with Crippen LogP contribution in [0.1, 0.15) is 27.2 Å². The van der Waals surface area contributed by atoms with Gasteiger partial charge in [0.15, 0.2) is 0 Å². The Morgan fingerprint density at radius 1 is 1.58 bits per heavy atom. The van der Waals surface area contributed by atoms with Crippen LogP contribution >= 0.6 is 0 Å². The summed E-state index contributed by atoms with van der Waals surface area (Å²) in [6.07, 6.45) is 0.876. The Bertz CT molecular complexity index is 168. The van der Waals surface area contributed by atoms with Crippen LogP contribution in [-0.2, 0) is 4.79 Å². The summed E-state index contributed by atoms with van der Waals surface area (Å²) >= 11 is 0. The smallest absolute Gasteiger partial charge is 0.324 e. The van der Waals surface area contributed by atoms with E-state index in [4.69, 9.17) is 5.11 Å². The topological polar surface area (TPSA) is 40.5 Å². The number of carboxylic acids is 1. The van der Waals surface area contributed by atoms with E-state index < -0.39 is 11.5 Å². The Morgan fingerprint density at radius 2 is 2.00 bits per heavy atom. The minimum absolute atomic E-state index is 0.157. The van der Waals surface area contributed by atoms with Gasteiger partial charge in [-0.15, -0.1) is 0 Å². The summed E-state index contributed by atoms with van der Waals surface area (Å²) < 4.78 is 0. The van der Waals surface area contributed by atoms with Crippen molar-refractivity contribution in [3.8, 4) is 0 Å². The molecule has 0 aliphatic rings. The third-order valence-corrected chi connectivity index (χ3v) is 2.93. The second-order valence-corrected chi connectivity index (χ2v) is 3.66. The Hall–Kier alpha value is -0.570. The number of aliphatic carboxylic acids is 1. The van der Waals surface area contributed by atoms with Crippen molar-refractivity contribution in [3.63, 3.8) is 0 Å². The molecule has 0 spiro atoms. The van der Waals surface area contributed by atoms with Crippen molar-refractivity contribution in [1.29, 1.82) is 0 Å². The monoisotopic (exact) mass is 173 g/mol. The van der Waals surface area contributed by atoms with Crippen molar-refractivity contribution in [2.45, 2.75) is 32.7 Å². The summed E-state index contributed by atoms with van der Waals surface area (Å²) in [5, 5.41) is 9.06. The quantitative estimate of drug-likeness (QED) is 0.699. The Kier molecular flexibility index (Phi) is 3.71. The summed E-state index contributed by atoms with van der Waals surface area (Å²) in [7, 11) is 3.61. The standard InChI is InChI=1S/C9H19NO2/c1-6-7(2)9(3,8(11)12)10(4)5/h7H,6H2,1-5H3,(H,11,12). The SMILES string of the molecule is CCC(C)C(C)(C(=O)O)N(C)C. The second kappa shape index (κ2) is 3.90. The van der Waals surface area contributed by atoms with Gasteiger partial charge in [-0.25, -0.2) is 0 Å². The molecule has 0 aromatic carbocycles. The summed E-state index contributed by atoms with van der Waals surface area (Å²) in [5.74, 6) is -0.591. The summed E-state index contributed by atoms with van der Waals surface area (Å²) in [4.78, 5) is 12.8. The van der Waals surface area contributed by atoms with Gasteiger partial charge in [0.1, 0.15) is 5.54 Å². The fourth-order valence-electron chi connectivity index (χ4n) is 1.24. The van der Waals surface area contributed by atoms with E-state index in [9.17, 15) is 4.79 Å². The van der Waals surface area contributed by atoms with E-state index >= 15 is 0 Å². The lowest BCUT2D eigenvalue weighted by Crippen LogP contribution is -2.53. The van der Waals surface area contributed by atoms with Crippen molar-refractivity contribution in [3.05, 3.63) is 0 Å². The summed E-state index contributed by atoms with van der Waals surface area (Å²) in [6, 6.07) is 0. The van der Waals surface area contributed by atoms with Crippen molar-refractivity contribution in [2.24, 2.45) is 5.92 Å². The first-order chi connectivity index (χ1) is 5.37.